The molecule has 0 aliphatic heterocycles. The SMILES string of the molecule is COc1ccc(NC(=O)CCc2cccc(F)c2)c(C(=O)NC2CC2)c1. The lowest BCUT2D eigenvalue weighted by Gasteiger charge is -2.13. The predicted octanol–water partition coefficient (Wildman–Crippen LogP) is 3.30. The van der Waals surface area contributed by atoms with Gasteiger partial charge in [-0.15, -0.1) is 0 Å². The molecule has 2 aromatic rings. The fraction of sp³-hybridized carbons (Fsp3) is 0.300. The quantitative estimate of drug-likeness (QED) is 0.800. The summed E-state index contributed by atoms with van der Waals surface area (Å²) in [6, 6.07) is 11.3. The van der Waals surface area contributed by atoms with E-state index >= 15 is 0 Å². The van der Waals surface area contributed by atoms with Crippen LogP contribution in [0.4, 0.5) is 10.1 Å². The van der Waals surface area contributed by atoms with E-state index in [1.54, 1.807) is 30.3 Å². The first-order chi connectivity index (χ1) is 12.5. The van der Waals surface area contributed by atoms with Gasteiger partial charge in [0.1, 0.15) is 11.6 Å². The van der Waals surface area contributed by atoms with Crippen molar-refractivity contribution in [2.45, 2.75) is 31.7 Å². The van der Waals surface area contributed by atoms with Gasteiger partial charge in [0.25, 0.3) is 5.91 Å². The van der Waals surface area contributed by atoms with Crippen LogP contribution in [0.3, 0.4) is 0 Å². The van der Waals surface area contributed by atoms with Crippen LogP contribution < -0.4 is 15.4 Å². The van der Waals surface area contributed by atoms with Gasteiger partial charge in [0, 0.05) is 12.5 Å². The second kappa shape index (κ2) is 7.99. The highest BCUT2D eigenvalue weighted by atomic mass is 19.1. The number of carbonyl (C=O) groups excluding carboxylic acids is 2. The highest BCUT2D eigenvalue weighted by molar-refractivity contribution is 6.04. The van der Waals surface area contributed by atoms with Gasteiger partial charge in [0.15, 0.2) is 0 Å². The first-order valence-corrected chi connectivity index (χ1v) is 8.58. The van der Waals surface area contributed by atoms with E-state index in [0.717, 1.165) is 18.4 Å². The van der Waals surface area contributed by atoms with E-state index in [1.807, 2.05) is 0 Å². The largest absolute Gasteiger partial charge is 0.497 e. The van der Waals surface area contributed by atoms with Crippen LogP contribution in [0.1, 0.15) is 35.2 Å². The number of anilines is 1. The number of carbonyl (C=O) groups is 2. The lowest BCUT2D eigenvalue weighted by atomic mass is 10.1. The van der Waals surface area contributed by atoms with E-state index in [1.165, 1.54) is 19.2 Å². The molecular weight excluding hydrogens is 335 g/mol. The Bertz CT molecular complexity index is 818. The summed E-state index contributed by atoms with van der Waals surface area (Å²) < 4.78 is 18.4. The molecule has 0 atom stereocenters. The van der Waals surface area contributed by atoms with Crippen LogP contribution in [0, 0.1) is 5.82 Å². The van der Waals surface area contributed by atoms with E-state index in [-0.39, 0.29) is 30.1 Å². The van der Waals surface area contributed by atoms with Gasteiger partial charge in [-0.3, -0.25) is 9.59 Å². The summed E-state index contributed by atoms with van der Waals surface area (Å²) in [7, 11) is 1.52. The second-order valence-electron chi connectivity index (χ2n) is 6.34. The number of halogens is 1. The number of aryl methyl sites for hydroxylation is 1. The summed E-state index contributed by atoms with van der Waals surface area (Å²) >= 11 is 0. The van der Waals surface area contributed by atoms with E-state index in [2.05, 4.69) is 10.6 Å². The van der Waals surface area contributed by atoms with Gasteiger partial charge < -0.3 is 15.4 Å². The molecule has 0 saturated heterocycles. The Labute approximate surface area is 151 Å². The molecule has 0 radical (unpaired) electrons. The number of methoxy groups -OCH3 is 1. The molecule has 6 heteroatoms. The van der Waals surface area contributed by atoms with Gasteiger partial charge >= 0.3 is 0 Å². The molecule has 26 heavy (non-hydrogen) atoms. The molecule has 1 aliphatic carbocycles. The molecule has 0 bridgehead atoms. The average Bonchev–Trinajstić information content (AvgIpc) is 3.44. The molecule has 0 aromatic heterocycles. The summed E-state index contributed by atoms with van der Waals surface area (Å²) in [5, 5.41) is 5.68. The lowest BCUT2D eigenvalue weighted by Crippen LogP contribution is -2.27. The Kier molecular flexibility index (Phi) is 5.51. The smallest absolute Gasteiger partial charge is 0.253 e. The maximum absolute atomic E-state index is 13.2. The fourth-order valence-electron chi connectivity index (χ4n) is 2.60. The first kappa shape index (κ1) is 17.9. The Morgan fingerprint density at radius 2 is 2.00 bits per heavy atom. The van der Waals surface area contributed by atoms with Gasteiger partial charge in [-0.1, -0.05) is 12.1 Å². The zero-order chi connectivity index (χ0) is 18.5. The molecule has 2 amide bonds. The molecule has 2 aromatic carbocycles. The number of benzene rings is 2. The highest BCUT2D eigenvalue weighted by Crippen LogP contribution is 2.25. The first-order valence-electron chi connectivity index (χ1n) is 8.58. The van der Waals surface area contributed by atoms with Crippen molar-refractivity contribution in [1.29, 1.82) is 0 Å². The van der Waals surface area contributed by atoms with Crippen molar-refractivity contribution in [3.05, 3.63) is 59.4 Å². The van der Waals surface area contributed by atoms with Gasteiger partial charge in [-0.25, -0.2) is 4.39 Å². The van der Waals surface area contributed by atoms with Crippen molar-refractivity contribution in [1.82, 2.24) is 5.32 Å². The molecule has 1 fully saturated rings. The van der Waals surface area contributed by atoms with Crippen LogP contribution in [0.15, 0.2) is 42.5 Å². The standard InChI is InChI=1S/C20H21FN2O3/c1-26-16-8-9-18(17(12-16)20(25)22-15-6-7-15)23-19(24)10-5-13-3-2-4-14(21)11-13/h2-4,8-9,11-12,15H,5-7,10H2,1H3,(H,22,25)(H,23,24). The fourth-order valence-corrected chi connectivity index (χ4v) is 2.60. The van der Waals surface area contributed by atoms with Crippen molar-refractivity contribution < 1.29 is 18.7 Å². The minimum atomic E-state index is -0.322. The predicted molar refractivity (Wildman–Crippen MR) is 96.8 cm³/mol. The highest BCUT2D eigenvalue weighted by Gasteiger charge is 2.25. The number of hydrogen-bond acceptors (Lipinski definition) is 3. The number of rotatable bonds is 7. The van der Waals surface area contributed by atoms with Crippen molar-refractivity contribution >= 4 is 17.5 Å². The van der Waals surface area contributed by atoms with Crippen LogP contribution >= 0.6 is 0 Å². The van der Waals surface area contributed by atoms with Gasteiger partial charge in [-0.05, 0) is 55.2 Å². The summed E-state index contributed by atoms with van der Waals surface area (Å²) in [5.74, 6) is -0.243. The minimum Gasteiger partial charge on any atom is -0.497 e. The van der Waals surface area contributed by atoms with E-state index < -0.39 is 0 Å². The molecule has 3 rings (SSSR count). The summed E-state index contributed by atoms with van der Waals surface area (Å²) in [5.41, 5.74) is 1.56. The summed E-state index contributed by atoms with van der Waals surface area (Å²) in [6.45, 7) is 0. The average molecular weight is 356 g/mol. The molecule has 5 nitrogen and oxygen atoms in total. The van der Waals surface area contributed by atoms with E-state index in [0.29, 0.717) is 23.4 Å². The van der Waals surface area contributed by atoms with Crippen molar-refractivity contribution in [2.75, 3.05) is 12.4 Å². The molecule has 136 valence electrons. The van der Waals surface area contributed by atoms with Crippen LogP contribution in [0.5, 0.6) is 5.75 Å². The summed E-state index contributed by atoms with van der Waals surface area (Å²) in [4.78, 5) is 24.7. The zero-order valence-electron chi connectivity index (χ0n) is 14.5. The topological polar surface area (TPSA) is 67.4 Å². The Morgan fingerprint density at radius 1 is 1.19 bits per heavy atom. The molecular formula is C20H21FN2O3. The minimum absolute atomic E-state index is 0.194. The summed E-state index contributed by atoms with van der Waals surface area (Å²) in [6.07, 6.45) is 2.57. The van der Waals surface area contributed by atoms with Gasteiger partial charge in [0.05, 0.1) is 18.4 Å². The maximum Gasteiger partial charge on any atom is 0.253 e. The van der Waals surface area contributed by atoms with E-state index in [9.17, 15) is 14.0 Å². The molecule has 0 unspecified atom stereocenters. The number of hydrogen-bond donors (Lipinski definition) is 2. The third-order valence-electron chi connectivity index (χ3n) is 4.19. The second-order valence-corrected chi connectivity index (χ2v) is 6.34. The molecule has 1 saturated carbocycles. The van der Waals surface area contributed by atoms with Crippen molar-refractivity contribution in [3.63, 3.8) is 0 Å². The Hall–Kier alpha value is -2.89. The van der Waals surface area contributed by atoms with Gasteiger partial charge in [0.2, 0.25) is 5.91 Å². The Morgan fingerprint density at radius 3 is 2.69 bits per heavy atom. The molecule has 1 aliphatic rings. The van der Waals surface area contributed by atoms with Gasteiger partial charge in [-0.2, -0.15) is 0 Å². The van der Waals surface area contributed by atoms with Crippen LogP contribution in [0.2, 0.25) is 0 Å². The number of nitrogens with one attached hydrogen (secondary N) is 2. The molecule has 2 N–H and O–H groups in total. The molecule has 0 heterocycles. The van der Waals surface area contributed by atoms with Crippen LogP contribution in [0.25, 0.3) is 0 Å². The third-order valence-corrected chi connectivity index (χ3v) is 4.19. The van der Waals surface area contributed by atoms with Crippen molar-refractivity contribution in [2.24, 2.45) is 0 Å². The van der Waals surface area contributed by atoms with Crippen molar-refractivity contribution in [3.8, 4) is 5.75 Å². The van der Waals surface area contributed by atoms with Crippen LogP contribution in [-0.4, -0.2) is 25.0 Å². The van der Waals surface area contributed by atoms with E-state index in [4.69, 9.17) is 4.74 Å². The zero-order valence-corrected chi connectivity index (χ0v) is 14.5. The number of amides is 2. The third kappa shape index (κ3) is 4.81. The maximum atomic E-state index is 13.2. The lowest BCUT2D eigenvalue weighted by molar-refractivity contribution is -0.116. The monoisotopic (exact) mass is 356 g/mol. The molecule has 0 spiro atoms. The normalized spacial score (nSPS) is 13.2. The number of ether oxygens (including phenoxy) is 1. The van der Waals surface area contributed by atoms with Crippen LogP contribution in [-0.2, 0) is 11.2 Å². The Balaban J connectivity index is 1.67.